The molecule has 24 heavy (non-hydrogen) atoms. The Hall–Kier alpha value is -2.84. The Balaban J connectivity index is 3.25. The highest BCUT2D eigenvalue weighted by Crippen LogP contribution is 2.36. The van der Waals surface area contributed by atoms with Gasteiger partial charge in [-0.2, -0.15) is 0 Å². The summed E-state index contributed by atoms with van der Waals surface area (Å²) in [5.41, 5.74) is 5.70. The number of methoxy groups -OCH3 is 2. The number of nitrogens with zero attached hydrogens (tertiary/aromatic N) is 1. The molecule has 0 saturated heterocycles. The SMILES string of the molecule is COc1ccc(C(CC(N)=O)C(CCO[C]=O)[N+](=O)[O-])c(OC)c1. The fourth-order valence-corrected chi connectivity index (χ4v) is 2.47. The first-order chi connectivity index (χ1) is 11.4. The second-order valence-electron chi connectivity index (χ2n) is 4.96. The number of primary amides is 1. The zero-order valence-corrected chi connectivity index (χ0v) is 13.4. The van der Waals surface area contributed by atoms with Crippen molar-refractivity contribution in [2.24, 2.45) is 5.73 Å². The topological polar surface area (TPSA) is 131 Å². The fraction of sp³-hybridized carbons (Fsp3) is 0.467. The van der Waals surface area contributed by atoms with Crippen LogP contribution in [0.1, 0.15) is 24.3 Å². The number of benzene rings is 1. The Morgan fingerprint density at radius 1 is 1.38 bits per heavy atom. The first-order valence-electron chi connectivity index (χ1n) is 7.07. The van der Waals surface area contributed by atoms with E-state index in [1.54, 1.807) is 18.2 Å². The van der Waals surface area contributed by atoms with Gasteiger partial charge in [-0.25, -0.2) is 4.79 Å². The van der Waals surface area contributed by atoms with Gasteiger partial charge in [-0.3, -0.25) is 14.9 Å². The van der Waals surface area contributed by atoms with Crippen LogP contribution in [-0.2, 0) is 14.3 Å². The number of nitro groups is 1. The lowest BCUT2D eigenvalue weighted by molar-refractivity contribution is -0.528. The van der Waals surface area contributed by atoms with Gasteiger partial charge in [0.1, 0.15) is 11.5 Å². The maximum atomic E-state index is 11.4. The van der Waals surface area contributed by atoms with E-state index in [4.69, 9.17) is 15.2 Å². The summed E-state index contributed by atoms with van der Waals surface area (Å²) < 4.78 is 14.8. The largest absolute Gasteiger partial charge is 0.497 e. The summed E-state index contributed by atoms with van der Waals surface area (Å²) in [6, 6.07) is 3.58. The number of ether oxygens (including phenoxy) is 3. The fourth-order valence-electron chi connectivity index (χ4n) is 2.47. The first kappa shape index (κ1) is 19.2. The molecule has 1 aromatic rings. The molecular weight excluding hydrogens is 320 g/mol. The standard InChI is InChI=1S/C15H19N2O7/c1-22-10-3-4-11(14(7-10)23-2)12(8-15(16)19)13(17(20)21)5-6-24-9-18/h3-4,7,12-13H,5-6,8H2,1-2H3,(H2,16,19). The van der Waals surface area contributed by atoms with Crippen LogP contribution in [0.25, 0.3) is 0 Å². The van der Waals surface area contributed by atoms with Crippen LogP contribution in [0.5, 0.6) is 11.5 Å². The minimum atomic E-state index is -1.19. The summed E-state index contributed by atoms with van der Waals surface area (Å²) in [4.78, 5) is 32.4. The van der Waals surface area contributed by atoms with E-state index in [-0.39, 0.29) is 19.4 Å². The molecule has 0 bridgehead atoms. The van der Waals surface area contributed by atoms with E-state index < -0.39 is 22.8 Å². The van der Waals surface area contributed by atoms with Gasteiger partial charge in [0.15, 0.2) is 0 Å². The molecule has 1 rings (SSSR count). The number of amides is 1. The smallest absolute Gasteiger partial charge is 0.417 e. The Bertz CT molecular complexity index is 591. The molecule has 2 N–H and O–H groups in total. The minimum Gasteiger partial charge on any atom is -0.497 e. The number of hydrogen-bond donors (Lipinski definition) is 1. The van der Waals surface area contributed by atoms with E-state index in [1.165, 1.54) is 20.7 Å². The Labute approximate surface area is 138 Å². The number of nitrogens with two attached hydrogens (primary N) is 1. The highest BCUT2D eigenvalue weighted by atomic mass is 16.6. The van der Waals surface area contributed by atoms with Crippen molar-refractivity contribution in [1.29, 1.82) is 0 Å². The third-order valence-electron chi connectivity index (χ3n) is 3.57. The van der Waals surface area contributed by atoms with Crippen LogP contribution in [0.15, 0.2) is 18.2 Å². The van der Waals surface area contributed by atoms with Gasteiger partial charge in [-0.05, 0) is 6.07 Å². The van der Waals surface area contributed by atoms with E-state index in [0.29, 0.717) is 17.1 Å². The summed E-state index contributed by atoms with van der Waals surface area (Å²) in [6.45, 7) is 1.02. The monoisotopic (exact) mass is 339 g/mol. The van der Waals surface area contributed by atoms with E-state index in [9.17, 15) is 19.7 Å². The molecule has 0 aliphatic carbocycles. The zero-order chi connectivity index (χ0) is 18.1. The first-order valence-corrected chi connectivity index (χ1v) is 7.07. The average Bonchev–Trinajstić information content (AvgIpc) is 2.56. The summed E-state index contributed by atoms with van der Waals surface area (Å²) in [7, 11) is 2.88. The summed E-state index contributed by atoms with van der Waals surface area (Å²) in [5.74, 6) is -0.679. The highest BCUT2D eigenvalue weighted by molar-refractivity contribution is 5.75. The third-order valence-corrected chi connectivity index (χ3v) is 3.57. The predicted molar refractivity (Wildman–Crippen MR) is 83.1 cm³/mol. The molecule has 9 nitrogen and oxygen atoms in total. The molecule has 0 fully saturated rings. The summed E-state index contributed by atoms with van der Waals surface area (Å²) >= 11 is 0. The molecule has 0 aliphatic heterocycles. The van der Waals surface area contributed by atoms with Crippen LogP contribution in [0.2, 0.25) is 0 Å². The van der Waals surface area contributed by atoms with Crippen LogP contribution >= 0.6 is 0 Å². The van der Waals surface area contributed by atoms with Crippen LogP contribution in [0.4, 0.5) is 0 Å². The molecule has 0 heterocycles. The van der Waals surface area contributed by atoms with Crippen molar-refractivity contribution in [3.8, 4) is 11.5 Å². The van der Waals surface area contributed by atoms with Crippen LogP contribution in [0.3, 0.4) is 0 Å². The van der Waals surface area contributed by atoms with Crippen molar-refractivity contribution in [1.82, 2.24) is 0 Å². The second-order valence-corrected chi connectivity index (χ2v) is 4.96. The minimum absolute atomic E-state index is 0.0879. The van der Waals surface area contributed by atoms with E-state index in [0.717, 1.165) is 0 Å². The van der Waals surface area contributed by atoms with Crippen molar-refractivity contribution in [3.63, 3.8) is 0 Å². The normalized spacial score (nSPS) is 12.8. The molecule has 1 radical (unpaired) electrons. The molecule has 0 aliphatic rings. The predicted octanol–water partition coefficient (Wildman–Crippen LogP) is 0.782. The van der Waals surface area contributed by atoms with Crippen LogP contribution < -0.4 is 15.2 Å². The van der Waals surface area contributed by atoms with Crippen LogP contribution in [0, 0.1) is 10.1 Å². The molecule has 2 unspecified atom stereocenters. The lowest BCUT2D eigenvalue weighted by Crippen LogP contribution is -2.32. The van der Waals surface area contributed by atoms with E-state index in [1.807, 2.05) is 0 Å². The van der Waals surface area contributed by atoms with Gasteiger partial charge in [0.25, 0.3) is 0 Å². The molecule has 131 valence electrons. The number of carbonyl (C=O) groups excluding carboxylic acids is 2. The Kier molecular flexibility index (Phi) is 7.47. The lowest BCUT2D eigenvalue weighted by atomic mass is 9.86. The molecular formula is C15H19N2O7. The van der Waals surface area contributed by atoms with Crippen molar-refractivity contribution in [3.05, 3.63) is 33.9 Å². The number of rotatable bonds is 11. The zero-order valence-electron chi connectivity index (χ0n) is 13.4. The Morgan fingerprint density at radius 2 is 2.08 bits per heavy atom. The van der Waals surface area contributed by atoms with Gasteiger partial charge in [0.05, 0.1) is 33.2 Å². The third kappa shape index (κ3) is 5.11. The van der Waals surface area contributed by atoms with Crippen molar-refractivity contribution in [2.45, 2.75) is 24.8 Å². The average molecular weight is 339 g/mol. The summed E-state index contributed by atoms with van der Waals surface area (Å²) in [5, 5.41) is 11.4. The molecule has 1 amide bonds. The van der Waals surface area contributed by atoms with Crippen LogP contribution in [-0.4, -0.2) is 44.2 Å². The molecule has 2 atom stereocenters. The van der Waals surface area contributed by atoms with Gasteiger partial charge < -0.3 is 19.9 Å². The molecule has 0 saturated carbocycles. The van der Waals surface area contributed by atoms with E-state index in [2.05, 4.69) is 4.74 Å². The lowest BCUT2D eigenvalue weighted by Gasteiger charge is -2.22. The van der Waals surface area contributed by atoms with Crippen molar-refractivity contribution in [2.75, 3.05) is 20.8 Å². The second kappa shape index (κ2) is 9.33. The maximum Gasteiger partial charge on any atom is 0.417 e. The van der Waals surface area contributed by atoms with Crippen molar-refractivity contribution >= 4 is 12.4 Å². The van der Waals surface area contributed by atoms with Gasteiger partial charge in [-0.15, -0.1) is 0 Å². The van der Waals surface area contributed by atoms with Gasteiger partial charge >= 0.3 is 6.47 Å². The van der Waals surface area contributed by atoms with E-state index >= 15 is 0 Å². The maximum absolute atomic E-state index is 11.4. The number of carbonyl (C=O) groups is 1. The molecule has 0 spiro atoms. The van der Waals surface area contributed by atoms with Gasteiger partial charge in [-0.1, -0.05) is 6.07 Å². The highest BCUT2D eigenvalue weighted by Gasteiger charge is 2.36. The quantitative estimate of drug-likeness (QED) is 0.358. The number of hydrogen-bond acceptors (Lipinski definition) is 7. The Morgan fingerprint density at radius 3 is 2.58 bits per heavy atom. The molecule has 0 aromatic heterocycles. The summed E-state index contributed by atoms with van der Waals surface area (Å²) in [6.07, 6.45) is -0.339. The van der Waals surface area contributed by atoms with Gasteiger partial charge in [0, 0.05) is 23.0 Å². The molecule has 9 heteroatoms. The molecule has 1 aromatic carbocycles. The van der Waals surface area contributed by atoms with Crippen molar-refractivity contribution < 1.29 is 28.7 Å². The van der Waals surface area contributed by atoms with Gasteiger partial charge in [0.2, 0.25) is 11.9 Å².